The first-order chi connectivity index (χ1) is 15.6. The molecule has 2 aromatic rings. The molecule has 176 valence electrons. The molecule has 7 heteroatoms. The van der Waals surface area contributed by atoms with Gasteiger partial charge < -0.3 is 29.5 Å². The molecule has 1 aliphatic heterocycles. The highest BCUT2D eigenvalue weighted by Gasteiger charge is 2.29. The maximum absolute atomic E-state index is 10.1. The Balaban J connectivity index is 0.00000141. The van der Waals surface area contributed by atoms with Gasteiger partial charge in [-0.3, -0.25) is 0 Å². The van der Waals surface area contributed by atoms with Crippen molar-refractivity contribution in [2.24, 2.45) is 0 Å². The molecule has 3 atom stereocenters. The van der Waals surface area contributed by atoms with Crippen LogP contribution in [0.1, 0.15) is 48.5 Å². The monoisotopic (exact) mass is 464 g/mol. The first kappa shape index (κ1) is 25.0. The average molecular weight is 465 g/mol. The second-order valence-corrected chi connectivity index (χ2v) is 8.55. The second-order valence-electron chi connectivity index (χ2n) is 8.14. The van der Waals surface area contributed by atoms with Gasteiger partial charge >= 0.3 is 0 Å². The van der Waals surface area contributed by atoms with E-state index in [-0.39, 0.29) is 18.8 Å². The fraction of sp³-hybridized carbons (Fsp3) is 0.520. The molecule has 1 saturated heterocycles. The number of hydrogen-bond acceptors (Lipinski definition) is 6. The first-order valence-electron chi connectivity index (χ1n) is 11.1. The van der Waals surface area contributed by atoms with Gasteiger partial charge in [0.1, 0.15) is 12.4 Å². The molecule has 0 bridgehead atoms. The van der Waals surface area contributed by atoms with Gasteiger partial charge in [-0.25, -0.2) is 0 Å². The van der Waals surface area contributed by atoms with Crippen molar-refractivity contribution in [3.05, 3.63) is 64.2 Å². The van der Waals surface area contributed by atoms with E-state index in [0.717, 1.165) is 29.5 Å². The Hall–Kier alpha value is -1.67. The molecule has 0 radical (unpaired) electrons. The molecule has 2 aromatic carbocycles. The quantitative estimate of drug-likeness (QED) is 0.491. The van der Waals surface area contributed by atoms with Gasteiger partial charge in [0, 0.05) is 25.0 Å². The van der Waals surface area contributed by atoms with Crippen LogP contribution in [0.2, 0.25) is 5.02 Å². The van der Waals surface area contributed by atoms with E-state index in [1.54, 1.807) is 0 Å². The van der Waals surface area contributed by atoms with E-state index < -0.39 is 6.10 Å². The molecule has 6 nitrogen and oxygen atoms in total. The summed E-state index contributed by atoms with van der Waals surface area (Å²) in [6, 6.07) is 13.9. The minimum Gasteiger partial charge on any atom is -0.491 e. The minimum absolute atomic E-state index is 0.0882. The summed E-state index contributed by atoms with van der Waals surface area (Å²) in [5, 5.41) is 27.2. The van der Waals surface area contributed by atoms with Crippen molar-refractivity contribution in [1.29, 1.82) is 0 Å². The normalized spacial score (nSPS) is 22.7. The summed E-state index contributed by atoms with van der Waals surface area (Å²) >= 11 is 6.45. The zero-order chi connectivity index (χ0) is 22.9. The standard InChI is InChI=1S/C24H29ClO5.CH4O/c25-23-8-3-17(24-14-19(27)13-22(15-26)30-24)12-18(23)11-16-1-4-20(5-2-16)28-9-10-29-21-6-7-21;1-2/h1-5,8,12,19,21-22,24,26-27H,6-7,9-11,13-15H2;2H,1H3. The lowest BCUT2D eigenvalue weighted by atomic mass is 9.94. The van der Waals surface area contributed by atoms with Crippen molar-refractivity contribution in [3.8, 4) is 5.75 Å². The van der Waals surface area contributed by atoms with Crippen LogP contribution < -0.4 is 4.74 Å². The molecule has 0 spiro atoms. The predicted molar refractivity (Wildman–Crippen MR) is 123 cm³/mol. The molecular weight excluding hydrogens is 432 g/mol. The average Bonchev–Trinajstić information content (AvgIpc) is 3.64. The van der Waals surface area contributed by atoms with Crippen LogP contribution in [0.3, 0.4) is 0 Å². The van der Waals surface area contributed by atoms with Crippen molar-refractivity contribution in [3.63, 3.8) is 0 Å². The topological polar surface area (TPSA) is 88.4 Å². The third kappa shape index (κ3) is 7.44. The molecule has 2 aliphatic rings. The molecule has 0 amide bonds. The van der Waals surface area contributed by atoms with E-state index in [0.29, 0.717) is 43.6 Å². The molecule has 4 rings (SSSR count). The highest BCUT2D eigenvalue weighted by molar-refractivity contribution is 6.31. The minimum atomic E-state index is -0.470. The molecule has 3 N–H and O–H groups in total. The number of hydrogen-bond donors (Lipinski definition) is 3. The van der Waals surface area contributed by atoms with Crippen LogP contribution in [0.15, 0.2) is 42.5 Å². The molecule has 3 unspecified atom stereocenters. The Morgan fingerprint density at radius 2 is 1.78 bits per heavy atom. The Bertz CT molecular complexity index is 824. The van der Waals surface area contributed by atoms with Crippen LogP contribution in [0, 0.1) is 0 Å². The largest absolute Gasteiger partial charge is 0.491 e. The third-order valence-electron chi connectivity index (χ3n) is 5.57. The second kappa shape index (κ2) is 12.5. The van der Waals surface area contributed by atoms with E-state index >= 15 is 0 Å². The Morgan fingerprint density at radius 3 is 2.47 bits per heavy atom. The van der Waals surface area contributed by atoms with Crippen LogP contribution in [0.5, 0.6) is 5.75 Å². The Morgan fingerprint density at radius 1 is 1.03 bits per heavy atom. The summed E-state index contributed by atoms with van der Waals surface area (Å²) in [4.78, 5) is 0. The maximum atomic E-state index is 10.1. The number of halogens is 1. The summed E-state index contributed by atoms with van der Waals surface area (Å²) in [5.74, 6) is 0.831. The Labute approximate surface area is 194 Å². The Kier molecular flexibility index (Phi) is 9.78. The predicted octanol–water partition coefficient (Wildman–Crippen LogP) is 3.67. The third-order valence-corrected chi connectivity index (χ3v) is 5.94. The molecule has 2 fully saturated rings. The summed E-state index contributed by atoms with van der Waals surface area (Å²) in [5.41, 5.74) is 3.11. The number of ether oxygens (including phenoxy) is 3. The van der Waals surface area contributed by atoms with Gasteiger partial charge in [0.15, 0.2) is 0 Å². The zero-order valence-electron chi connectivity index (χ0n) is 18.5. The van der Waals surface area contributed by atoms with E-state index in [1.807, 2.05) is 42.5 Å². The van der Waals surface area contributed by atoms with Crippen LogP contribution in [-0.2, 0) is 15.9 Å². The SMILES string of the molecule is CO.OCC1CC(O)CC(c2ccc(Cl)c(Cc3ccc(OCCOC4CC4)cc3)c2)O1. The van der Waals surface area contributed by atoms with Gasteiger partial charge in [-0.05, 0) is 54.2 Å². The van der Waals surface area contributed by atoms with Crippen molar-refractivity contribution in [2.45, 2.75) is 56.5 Å². The first-order valence-corrected chi connectivity index (χ1v) is 11.5. The zero-order valence-corrected chi connectivity index (χ0v) is 19.2. The number of aliphatic hydroxyl groups is 3. The van der Waals surface area contributed by atoms with Crippen LogP contribution in [0.25, 0.3) is 0 Å². The maximum Gasteiger partial charge on any atom is 0.119 e. The molecular formula is C25H33ClO6. The van der Waals surface area contributed by atoms with E-state index in [2.05, 4.69) is 0 Å². The fourth-order valence-corrected chi connectivity index (χ4v) is 3.97. The van der Waals surface area contributed by atoms with Crippen LogP contribution in [0.4, 0.5) is 0 Å². The number of benzene rings is 2. The van der Waals surface area contributed by atoms with Crippen molar-refractivity contribution >= 4 is 11.6 Å². The summed E-state index contributed by atoms with van der Waals surface area (Å²) < 4.78 is 17.3. The van der Waals surface area contributed by atoms with Crippen molar-refractivity contribution in [1.82, 2.24) is 0 Å². The van der Waals surface area contributed by atoms with E-state index in [4.69, 9.17) is 30.9 Å². The lowest BCUT2D eigenvalue weighted by Crippen LogP contribution is -2.33. The van der Waals surface area contributed by atoms with Gasteiger partial charge in [-0.1, -0.05) is 35.9 Å². The van der Waals surface area contributed by atoms with Crippen molar-refractivity contribution in [2.75, 3.05) is 26.9 Å². The summed E-state index contributed by atoms with van der Waals surface area (Å²) in [6.45, 7) is 1.10. The van der Waals surface area contributed by atoms with E-state index in [9.17, 15) is 10.2 Å². The van der Waals surface area contributed by atoms with Gasteiger partial charge in [0.05, 0.1) is 37.6 Å². The van der Waals surface area contributed by atoms with Crippen LogP contribution in [-0.4, -0.2) is 60.6 Å². The summed E-state index contributed by atoms with van der Waals surface area (Å²) in [7, 11) is 1.00. The van der Waals surface area contributed by atoms with Gasteiger partial charge in [0.25, 0.3) is 0 Å². The molecule has 1 aliphatic carbocycles. The number of rotatable bonds is 9. The highest BCUT2D eigenvalue weighted by atomic mass is 35.5. The summed E-state index contributed by atoms with van der Waals surface area (Å²) in [6.07, 6.45) is 3.44. The van der Waals surface area contributed by atoms with Crippen molar-refractivity contribution < 1.29 is 29.5 Å². The van der Waals surface area contributed by atoms with Crippen LogP contribution >= 0.6 is 11.6 Å². The smallest absolute Gasteiger partial charge is 0.119 e. The van der Waals surface area contributed by atoms with E-state index in [1.165, 1.54) is 12.8 Å². The molecule has 1 saturated carbocycles. The highest BCUT2D eigenvalue weighted by Crippen LogP contribution is 2.34. The lowest BCUT2D eigenvalue weighted by molar-refractivity contribution is -0.113. The number of aliphatic hydroxyl groups excluding tert-OH is 3. The molecule has 1 heterocycles. The van der Waals surface area contributed by atoms with Gasteiger partial charge in [-0.15, -0.1) is 0 Å². The fourth-order valence-electron chi connectivity index (χ4n) is 3.79. The van der Waals surface area contributed by atoms with Gasteiger partial charge in [0.2, 0.25) is 0 Å². The van der Waals surface area contributed by atoms with Gasteiger partial charge in [-0.2, -0.15) is 0 Å². The lowest BCUT2D eigenvalue weighted by Gasteiger charge is -2.32. The molecule has 0 aromatic heterocycles. The molecule has 32 heavy (non-hydrogen) atoms.